The van der Waals surface area contributed by atoms with Gasteiger partial charge < -0.3 is 10.2 Å². The van der Waals surface area contributed by atoms with Crippen LogP contribution in [0.1, 0.15) is 47.3 Å². The average molecular weight is 387 g/mol. The minimum atomic E-state index is -1.08. The molecule has 0 aliphatic carbocycles. The second kappa shape index (κ2) is 7.42. The van der Waals surface area contributed by atoms with E-state index in [2.05, 4.69) is 0 Å². The Kier molecular flexibility index (Phi) is 5.18. The fourth-order valence-electron chi connectivity index (χ4n) is 3.58. The molecule has 146 valence electrons. The van der Waals surface area contributed by atoms with E-state index in [4.69, 9.17) is 0 Å². The maximum absolute atomic E-state index is 14.1. The number of aromatic nitrogens is 1. The van der Waals surface area contributed by atoms with E-state index in [-0.39, 0.29) is 16.5 Å². The van der Waals surface area contributed by atoms with E-state index < -0.39 is 35.2 Å². The summed E-state index contributed by atoms with van der Waals surface area (Å²) in [5.41, 5.74) is 0.821. The number of phenolic OH excluding ortho intramolecular Hbond substituents is 1. The number of carbonyl (C=O) groups excluding carboxylic acids is 1. The molecule has 1 heterocycles. The third-order valence-corrected chi connectivity index (χ3v) is 4.82. The van der Waals surface area contributed by atoms with Gasteiger partial charge in [-0.3, -0.25) is 14.2 Å². The number of rotatable bonds is 5. The minimum absolute atomic E-state index is 0.0439. The summed E-state index contributed by atoms with van der Waals surface area (Å²) in [5, 5.41) is 19.8. The zero-order chi connectivity index (χ0) is 20.6. The Morgan fingerprint density at radius 1 is 1.18 bits per heavy atom. The molecule has 2 N–H and O–H groups in total. The van der Waals surface area contributed by atoms with Gasteiger partial charge in [-0.2, -0.15) is 0 Å². The highest BCUT2D eigenvalue weighted by Crippen LogP contribution is 2.37. The van der Waals surface area contributed by atoms with Crippen molar-refractivity contribution in [1.82, 2.24) is 4.57 Å². The van der Waals surface area contributed by atoms with Crippen molar-refractivity contribution in [3.05, 3.63) is 64.9 Å². The number of nitrogens with zero attached hydrogens (tertiary/aromatic N) is 1. The molecule has 1 atom stereocenters. The summed E-state index contributed by atoms with van der Waals surface area (Å²) < 4.78 is 28.8. The van der Waals surface area contributed by atoms with Gasteiger partial charge in [0.05, 0.1) is 11.4 Å². The molecule has 1 unspecified atom stereocenters. The van der Waals surface area contributed by atoms with Crippen LogP contribution >= 0.6 is 0 Å². The van der Waals surface area contributed by atoms with Gasteiger partial charge in [-0.25, -0.2) is 8.78 Å². The first kappa shape index (κ1) is 19.5. The Hall–Kier alpha value is -3.22. The van der Waals surface area contributed by atoms with E-state index in [1.54, 1.807) is 6.92 Å². The fraction of sp³-hybridized carbons (Fsp3) is 0.238. The number of fused-ring (bicyclic) bond motifs is 1. The Labute approximate surface area is 159 Å². The standard InChI is InChI=1S/C21H19F2NO4/c1-3-5-14(21(27)28)19-11(2)24(17-10-16(23)18(25)9-15(17)19)20(26)12-6-4-7-13(22)8-12/h4,6-10,14,25H,3,5H2,1-2H3,(H,27,28). The Bertz CT molecular complexity index is 1090. The van der Waals surface area contributed by atoms with Gasteiger partial charge in [0, 0.05) is 22.7 Å². The lowest BCUT2D eigenvalue weighted by molar-refractivity contribution is -0.139. The molecule has 0 saturated carbocycles. The van der Waals surface area contributed by atoms with E-state index in [0.29, 0.717) is 24.1 Å². The molecule has 0 saturated heterocycles. The van der Waals surface area contributed by atoms with Crippen molar-refractivity contribution in [3.63, 3.8) is 0 Å². The second-order valence-corrected chi connectivity index (χ2v) is 6.65. The van der Waals surface area contributed by atoms with Crippen molar-refractivity contribution in [2.45, 2.75) is 32.6 Å². The Balaban J connectivity index is 2.34. The number of hydrogen-bond acceptors (Lipinski definition) is 3. The van der Waals surface area contributed by atoms with E-state index >= 15 is 0 Å². The monoisotopic (exact) mass is 387 g/mol. The molecule has 0 amide bonds. The highest BCUT2D eigenvalue weighted by molar-refractivity contribution is 6.05. The van der Waals surface area contributed by atoms with Gasteiger partial charge in [-0.05, 0) is 43.2 Å². The normalized spacial score (nSPS) is 12.3. The van der Waals surface area contributed by atoms with E-state index in [0.717, 1.165) is 18.2 Å². The number of carboxylic acid groups (broad SMARTS) is 1. The molecule has 0 spiro atoms. The summed E-state index contributed by atoms with van der Waals surface area (Å²) >= 11 is 0. The molecule has 5 nitrogen and oxygen atoms in total. The molecule has 0 aliphatic heterocycles. The first-order chi connectivity index (χ1) is 13.3. The maximum atomic E-state index is 14.1. The van der Waals surface area contributed by atoms with E-state index in [1.807, 2.05) is 6.92 Å². The summed E-state index contributed by atoms with van der Waals surface area (Å²) in [7, 11) is 0. The van der Waals surface area contributed by atoms with Gasteiger partial charge in [-0.1, -0.05) is 19.4 Å². The molecule has 0 fully saturated rings. The van der Waals surface area contributed by atoms with Gasteiger partial charge in [0.25, 0.3) is 5.91 Å². The summed E-state index contributed by atoms with van der Waals surface area (Å²) in [6.07, 6.45) is 0.885. The lowest BCUT2D eigenvalue weighted by Crippen LogP contribution is -2.16. The van der Waals surface area contributed by atoms with Crippen LogP contribution in [0.15, 0.2) is 36.4 Å². The lowest BCUT2D eigenvalue weighted by Gasteiger charge is -2.13. The largest absolute Gasteiger partial charge is 0.505 e. The van der Waals surface area contributed by atoms with Crippen LogP contribution < -0.4 is 0 Å². The second-order valence-electron chi connectivity index (χ2n) is 6.65. The van der Waals surface area contributed by atoms with Crippen LogP contribution in [0, 0.1) is 18.6 Å². The number of benzene rings is 2. The number of carbonyl (C=O) groups is 2. The van der Waals surface area contributed by atoms with Crippen molar-refractivity contribution in [1.29, 1.82) is 0 Å². The number of hydrogen-bond donors (Lipinski definition) is 2. The first-order valence-electron chi connectivity index (χ1n) is 8.82. The summed E-state index contributed by atoms with van der Waals surface area (Å²) in [6.45, 7) is 3.40. The molecular formula is C21H19F2NO4. The maximum Gasteiger partial charge on any atom is 0.311 e. The zero-order valence-corrected chi connectivity index (χ0v) is 15.4. The molecule has 0 aliphatic rings. The van der Waals surface area contributed by atoms with Crippen LogP contribution in [0.5, 0.6) is 5.75 Å². The average Bonchev–Trinajstić information content (AvgIpc) is 2.90. The predicted octanol–water partition coefficient (Wildman–Crippen LogP) is 4.59. The molecular weight excluding hydrogens is 368 g/mol. The lowest BCUT2D eigenvalue weighted by atomic mass is 9.92. The molecule has 0 radical (unpaired) electrons. The van der Waals surface area contributed by atoms with Gasteiger partial charge in [-0.15, -0.1) is 0 Å². The zero-order valence-electron chi connectivity index (χ0n) is 15.4. The fourth-order valence-corrected chi connectivity index (χ4v) is 3.58. The van der Waals surface area contributed by atoms with Gasteiger partial charge in [0.15, 0.2) is 11.6 Å². The first-order valence-corrected chi connectivity index (χ1v) is 8.82. The van der Waals surface area contributed by atoms with Gasteiger partial charge in [0.1, 0.15) is 5.82 Å². The van der Waals surface area contributed by atoms with Crippen molar-refractivity contribution in [2.24, 2.45) is 0 Å². The molecule has 2 aromatic carbocycles. The van der Waals surface area contributed by atoms with Gasteiger partial charge >= 0.3 is 5.97 Å². The SMILES string of the molecule is CCCC(C(=O)O)c1c(C)n(C(=O)c2cccc(F)c2)c2cc(F)c(O)cc12. The van der Waals surface area contributed by atoms with E-state index in [9.17, 15) is 28.6 Å². The molecule has 3 rings (SSSR count). The third kappa shape index (κ3) is 3.24. The predicted molar refractivity (Wildman–Crippen MR) is 99.7 cm³/mol. The number of halogens is 2. The molecule has 0 bridgehead atoms. The van der Waals surface area contributed by atoms with Crippen LogP contribution in [-0.2, 0) is 4.79 Å². The highest BCUT2D eigenvalue weighted by Gasteiger charge is 2.29. The number of aromatic hydroxyl groups is 1. The number of phenols is 1. The van der Waals surface area contributed by atoms with Crippen molar-refractivity contribution >= 4 is 22.8 Å². The molecule has 7 heteroatoms. The third-order valence-electron chi connectivity index (χ3n) is 4.82. The van der Waals surface area contributed by atoms with Crippen molar-refractivity contribution < 1.29 is 28.6 Å². The highest BCUT2D eigenvalue weighted by atomic mass is 19.1. The van der Waals surface area contributed by atoms with Crippen LogP contribution in [0.25, 0.3) is 10.9 Å². The quantitative estimate of drug-likeness (QED) is 0.671. The van der Waals surface area contributed by atoms with Crippen LogP contribution in [-0.4, -0.2) is 26.7 Å². The molecule has 28 heavy (non-hydrogen) atoms. The van der Waals surface area contributed by atoms with Crippen LogP contribution in [0.4, 0.5) is 8.78 Å². The van der Waals surface area contributed by atoms with Crippen LogP contribution in [0.3, 0.4) is 0 Å². The summed E-state index contributed by atoms with van der Waals surface area (Å²) in [6, 6.07) is 7.19. The Morgan fingerprint density at radius 3 is 2.50 bits per heavy atom. The van der Waals surface area contributed by atoms with E-state index in [1.165, 1.54) is 22.8 Å². The number of aliphatic carboxylic acids is 1. The summed E-state index contributed by atoms with van der Waals surface area (Å²) in [4.78, 5) is 24.9. The Morgan fingerprint density at radius 2 is 1.89 bits per heavy atom. The van der Waals surface area contributed by atoms with Gasteiger partial charge in [0.2, 0.25) is 0 Å². The topological polar surface area (TPSA) is 79.5 Å². The minimum Gasteiger partial charge on any atom is -0.505 e. The molecule has 3 aromatic rings. The number of carboxylic acids is 1. The van der Waals surface area contributed by atoms with Crippen molar-refractivity contribution in [2.75, 3.05) is 0 Å². The van der Waals surface area contributed by atoms with Crippen molar-refractivity contribution in [3.8, 4) is 5.75 Å². The smallest absolute Gasteiger partial charge is 0.311 e. The summed E-state index contributed by atoms with van der Waals surface area (Å²) in [5.74, 6) is -4.79. The van der Waals surface area contributed by atoms with Crippen LogP contribution in [0.2, 0.25) is 0 Å². The molecule has 1 aromatic heterocycles.